The molecule has 0 fully saturated rings. The number of hydrogen-bond donors (Lipinski definition) is 2. The molecule has 6 heteroatoms. The van der Waals surface area contributed by atoms with Gasteiger partial charge in [0.1, 0.15) is 11.6 Å². The molecule has 6 nitrogen and oxygen atoms in total. The summed E-state index contributed by atoms with van der Waals surface area (Å²) < 4.78 is 5.71. The number of fused-ring (bicyclic) bond motifs is 1. The molecule has 3 rings (SSSR count). The predicted octanol–water partition coefficient (Wildman–Crippen LogP) is 4.79. The molecule has 29 heavy (non-hydrogen) atoms. The summed E-state index contributed by atoms with van der Waals surface area (Å²) in [5, 5.41) is 5.75. The molecule has 0 aliphatic heterocycles. The zero-order valence-electron chi connectivity index (χ0n) is 17.2. The summed E-state index contributed by atoms with van der Waals surface area (Å²) >= 11 is 0. The first-order valence-electron chi connectivity index (χ1n) is 9.89. The van der Waals surface area contributed by atoms with Crippen LogP contribution in [0.15, 0.2) is 52.9 Å². The highest BCUT2D eigenvalue weighted by Crippen LogP contribution is 2.24. The van der Waals surface area contributed by atoms with Crippen LogP contribution in [0, 0.1) is 5.92 Å². The number of nitrogens with zero attached hydrogens (tertiary/aromatic N) is 1. The number of anilines is 1. The quantitative estimate of drug-likeness (QED) is 0.604. The number of carbonyl (C=O) groups excluding carboxylic acids is 2. The lowest BCUT2D eigenvalue weighted by molar-refractivity contribution is -0.127. The fraction of sp³-hybridized carbons (Fsp3) is 0.348. The molecule has 0 aliphatic rings. The number of benzene rings is 2. The molecule has 2 N–H and O–H groups in total. The van der Waals surface area contributed by atoms with E-state index in [-0.39, 0.29) is 23.7 Å². The third-order valence-corrected chi connectivity index (χ3v) is 4.46. The van der Waals surface area contributed by atoms with Gasteiger partial charge in [0, 0.05) is 18.0 Å². The Morgan fingerprint density at radius 2 is 1.76 bits per heavy atom. The molecule has 1 aromatic heterocycles. The molecule has 1 heterocycles. The molecule has 3 aromatic rings. The maximum Gasteiger partial charge on any atom is 0.251 e. The van der Waals surface area contributed by atoms with Crippen LogP contribution in [0.2, 0.25) is 0 Å². The van der Waals surface area contributed by atoms with Crippen LogP contribution in [0.25, 0.3) is 11.1 Å². The molecule has 152 valence electrons. The van der Waals surface area contributed by atoms with E-state index in [2.05, 4.69) is 15.6 Å². The van der Waals surface area contributed by atoms with Crippen molar-refractivity contribution in [2.24, 2.45) is 5.92 Å². The summed E-state index contributed by atoms with van der Waals surface area (Å²) in [6.07, 6.45) is 0.361. The van der Waals surface area contributed by atoms with Gasteiger partial charge in [-0.2, -0.15) is 0 Å². The molecule has 1 unspecified atom stereocenters. The van der Waals surface area contributed by atoms with Crippen LogP contribution in [0.3, 0.4) is 0 Å². The number of aromatic nitrogens is 1. The van der Waals surface area contributed by atoms with E-state index in [9.17, 15) is 9.59 Å². The van der Waals surface area contributed by atoms with Gasteiger partial charge in [0.2, 0.25) is 5.91 Å². The normalized spacial score (nSPS) is 12.3. The van der Waals surface area contributed by atoms with Gasteiger partial charge in [-0.15, -0.1) is 0 Å². The average molecular weight is 393 g/mol. The van der Waals surface area contributed by atoms with E-state index in [0.717, 1.165) is 5.56 Å². The van der Waals surface area contributed by atoms with Gasteiger partial charge in [-0.05, 0) is 29.7 Å². The van der Waals surface area contributed by atoms with Crippen LogP contribution >= 0.6 is 0 Å². The van der Waals surface area contributed by atoms with Crippen LogP contribution in [0.5, 0.6) is 0 Å². The molecule has 0 bridgehead atoms. The Balaban J connectivity index is 1.82. The van der Waals surface area contributed by atoms with Gasteiger partial charge in [-0.3, -0.25) is 9.59 Å². The van der Waals surface area contributed by atoms with Gasteiger partial charge < -0.3 is 15.1 Å². The van der Waals surface area contributed by atoms with E-state index in [4.69, 9.17) is 4.42 Å². The molecule has 0 radical (unpaired) electrons. The third kappa shape index (κ3) is 5.22. The van der Waals surface area contributed by atoms with E-state index in [1.54, 1.807) is 18.2 Å². The Kier molecular flexibility index (Phi) is 6.32. The second kappa shape index (κ2) is 8.90. The predicted molar refractivity (Wildman–Crippen MR) is 114 cm³/mol. The van der Waals surface area contributed by atoms with E-state index in [1.165, 1.54) is 0 Å². The summed E-state index contributed by atoms with van der Waals surface area (Å²) in [6.45, 7) is 7.96. The van der Waals surface area contributed by atoms with Crippen molar-refractivity contribution in [1.29, 1.82) is 0 Å². The van der Waals surface area contributed by atoms with Crippen molar-refractivity contribution in [3.05, 3.63) is 60.0 Å². The van der Waals surface area contributed by atoms with Crippen LogP contribution in [-0.2, 0) is 9.59 Å². The van der Waals surface area contributed by atoms with Gasteiger partial charge in [0.05, 0.1) is 0 Å². The summed E-state index contributed by atoms with van der Waals surface area (Å²) in [5.74, 6) is 0.586. The SMILES string of the molecule is CC(C)CC(=O)NC(C(=O)Nc1ccc2oc(C(C)C)nc2c1)c1ccccc1. The Labute approximate surface area is 170 Å². The number of carbonyl (C=O) groups is 2. The standard InChI is InChI=1S/C23H27N3O3/c1-14(2)12-20(27)26-21(16-8-6-5-7-9-16)22(28)24-17-10-11-19-18(13-17)25-23(29-19)15(3)4/h5-11,13-15,21H,12H2,1-4H3,(H,24,28)(H,26,27). The minimum atomic E-state index is -0.776. The first-order chi connectivity index (χ1) is 13.8. The lowest BCUT2D eigenvalue weighted by atomic mass is 10.0. The fourth-order valence-electron chi connectivity index (χ4n) is 3.02. The van der Waals surface area contributed by atoms with Crippen molar-refractivity contribution in [3.8, 4) is 0 Å². The molecule has 0 saturated carbocycles. The van der Waals surface area contributed by atoms with E-state index >= 15 is 0 Å². The summed E-state index contributed by atoms with van der Waals surface area (Å²) in [7, 11) is 0. The third-order valence-electron chi connectivity index (χ3n) is 4.46. The van der Waals surface area contributed by atoms with Crippen LogP contribution in [-0.4, -0.2) is 16.8 Å². The minimum absolute atomic E-state index is 0.155. The number of amides is 2. The molecule has 0 spiro atoms. The lowest BCUT2D eigenvalue weighted by Gasteiger charge is -2.19. The Morgan fingerprint density at radius 3 is 2.41 bits per heavy atom. The van der Waals surface area contributed by atoms with Gasteiger partial charge in [0.25, 0.3) is 5.91 Å². The maximum absolute atomic E-state index is 13.0. The highest BCUT2D eigenvalue weighted by Gasteiger charge is 2.23. The first-order valence-corrected chi connectivity index (χ1v) is 9.89. The highest BCUT2D eigenvalue weighted by atomic mass is 16.3. The number of hydrogen-bond acceptors (Lipinski definition) is 4. The van der Waals surface area contributed by atoms with Crippen molar-refractivity contribution in [2.75, 3.05) is 5.32 Å². The van der Waals surface area contributed by atoms with Crippen LogP contribution in [0.1, 0.15) is 57.5 Å². The summed E-state index contributed by atoms with van der Waals surface area (Å²) in [4.78, 5) is 29.8. The number of oxazole rings is 1. The Bertz CT molecular complexity index is 993. The van der Waals surface area contributed by atoms with E-state index in [1.807, 2.05) is 58.0 Å². The second-order valence-corrected chi connectivity index (χ2v) is 7.89. The van der Waals surface area contributed by atoms with Crippen molar-refractivity contribution in [1.82, 2.24) is 10.3 Å². The monoisotopic (exact) mass is 393 g/mol. The summed E-state index contributed by atoms with van der Waals surface area (Å²) in [6, 6.07) is 13.8. The topological polar surface area (TPSA) is 84.2 Å². The molecule has 0 aliphatic carbocycles. The fourth-order valence-corrected chi connectivity index (χ4v) is 3.02. The van der Waals surface area contributed by atoms with Crippen molar-refractivity contribution < 1.29 is 14.0 Å². The molecule has 2 amide bonds. The molecule has 0 saturated heterocycles. The molecule has 1 atom stereocenters. The molecular formula is C23H27N3O3. The van der Waals surface area contributed by atoms with Crippen molar-refractivity contribution >= 4 is 28.6 Å². The smallest absolute Gasteiger partial charge is 0.251 e. The lowest BCUT2D eigenvalue weighted by Crippen LogP contribution is -2.37. The van der Waals surface area contributed by atoms with Gasteiger partial charge >= 0.3 is 0 Å². The number of rotatable bonds is 7. The minimum Gasteiger partial charge on any atom is -0.440 e. The number of nitrogens with one attached hydrogen (secondary N) is 2. The maximum atomic E-state index is 13.0. The van der Waals surface area contributed by atoms with Crippen molar-refractivity contribution in [3.63, 3.8) is 0 Å². The highest BCUT2D eigenvalue weighted by molar-refractivity contribution is 5.98. The Hall–Kier alpha value is -3.15. The largest absolute Gasteiger partial charge is 0.440 e. The average Bonchev–Trinajstić information content (AvgIpc) is 3.10. The van der Waals surface area contributed by atoms with E-state index in [0.29, 0.717) is 29.1 Å². The summed E-state index contributed by atoms with van der Waals surface area (Å²) in [5.41, 5.74) is 2.69. The van der Waals surface area contributed by atoms with Gasteiger partial charge in [-0.1, -0.05) is 58.0 Å². The van der Waals surface area contributed by atoms with Crippen LogP contribution < -0.4 is 10.6 Å². The zero-order chi connectivity index (χ0) is 21.0. The van der Waals surface area contributed by atoms with Crippen molar-refractivity contribution in [2.45, 2.75) is 46.1 Å². The molecule has 2 aromatic carbocycles. The second-order valence-electron chi connectivity index (χ2n) is 7.89. The van der Waals surface area contributed by atoms with Crippen LogP contribution in [0.4, 0.5) is 5.69 Å². The molecular weight excluding hydrogens is 366 g/mol. The van der Waals surface area contributed by atoms with Gasteiger partial charge in [-0.25, -0.2) is 4.98 Å². The zero-order valence-corrected chi connectivity index (χ0v) is 17.2. The van der Waals surface area contributed by atoms with E-state index < -0.39 is 6.04 Å². The first kappa shape index (κ1) is 20.6. The van der Waals surface area contributed by atoms with Gasteiger partial charge in [0.15, 0.2) is 11.5 Å². The Morgan fingerprint density at radius 1 is 1.03 bits per heavy atom.